The molecule has 2 aromatic rings. The van der Waals surface area contributed by atoms with Crippen LogP contribution in [0.5, 0.6) is 0 Å². The van der Waals surface area contributed by atoms with E-state index in [0.717, 1.165) is 12.0 Å². The molecule has 0 aliphatic carbocycles. The Balaban J connectivity index is 2.11. The molecule has 0 radical (unpaired) electrons. The fraction of sp³-hybridized carbons (Fsp3) is 0.182. The first-order chi connectivity index (χ1) is 7.38. The molecule has 4 heteroatoms. The van der Waals surface area contributed by atoms with Crippen LogP contribution >= 0.6 is 0 Å². The van der Waals surface area contributed by atoms with E-state index in [9.17, 15) is 0 Å². The summed E-state index contributed by atoms with van der Waals surface area (Å²) in [5.41, 5.74) is 2.40. The van der Waals surface area contributed by atoms with Crippen molar-refractivity contribution in [2.45, 2.75) is 13.3 Å². The monoisotopic (exact) mass is 200 g/mol. The second-order valence-electron chi connectivity index (χ2n) is 3.18. The molecule has 0 fully saturated rings. The van der Waals surface area contributed by atoms with E-state index in [0.29, 0.717) is 0 Å². The zero-order valence-electron chi connectivity index (χ0n) is 8.54. The maximum atomic E-state index is 4.16. The van der Waals surface area contributed by atoms with Gasteiger partial charge in [0.1, 0.15) is 12.7 Å². The first-order valence-electron chi connectivity index (χ1n) is 4.86. The number of hydrogen-bond donors (Lipinski definition) is 0. The molecular weight excluding hydrogens is 188 g/mol. The van der Waals surface area contributed by atoms with Crippen LogP contribution in [0.1, 0.15) is 18.1 Å². The topological polar surface area (TPSA) is 43.1 Å². The van der Waals surface area contributed by atoms with Gasteiger partial charge in [-0.2, -0.15) is 5.10 Å². The molecule has 0 N–H and O–H groups in total. The van der Waals surface area contributed by atoms with E-state index < -0.39 is 0 Å². The van der Waals surface area contributed by atoms with Crippen molar-refractivity contribution in [2.24, 2.45) is 5.10 Å². The van der Waals surface area contributed by atoms with Gasteiger partial charge < -0.3 is 0 Å². The molecule has 0 unspecified atom stereocenters. The second-order valence-corrected chi connectivity index (χ2v) is 3.18. The van der Waals surface area contributed by atoms with E-state index in [1.54, 1.807) is 23.5 Å². The Kier molecular flexibility index (Phi) is 2.88. The van der Waals surface area contributed by atoms with Crippen molar-refractivity contribution in [3.8, 4) is 0 Å². The van der Waals surface area contributed by atoms with Gasteiger partial charge >= 0.3 is 0 Å². The number of rotatable bonds is 3. The summed E-state index contributed by atoms with van der Waals surface area (Å²) in [6.07, 6.45) is 5.94. The van der Waals surface area contributed by atoms with Gasteiger partial charge in [-0.25, -0.2) is 4.68 Å². The molecule has 0 spiro atoms. The van der Waals surface area contributed by atoms with E-state index in [4.69, 9.17) is 0 Å². The normalized spacial score (nSPS) is 11.0. The van der Waals surface area contributed by atoms with Gasteiger partial charge in [0.2, 0.25) is 0 Å². The highest BCUT2D eigenvalue weighted by Crippen LogP contribution is 2.02. The third kappa shape index (κ3) is 2.49. The molecule has 1 aromatic carbocycles. The lowest BCUT2D eigenvalue weighted by molar-refractivity contribution is 0.878. The average Bonchev–Trinajstić information content (AvgIpc) is 2.80. The van der Waals surface area contributed by atoms with Crippen molar-refractivity contribution in [3.63, 3.8) is 0 Å². The molecule has 0 bridgehead atoms. The van der Waals surface area contributed by atoms with Crippen molar-refractivity contribution < 1.29 is 0 Å². The van der Waals surface area contributed by atoms with Gasteiger partial charge in [0.15, 0.2) is 0 Å². The smallest absolute Gasteiger partial charge is 0.141 e. The van der Waals surface area contributed by atoms with Crippen LogP contribution < -0.4 is 0 Å². The second kappa shape index (κ2) is 4.50. The molecule has 0 saturated heterocycles. The molecule has 1 aromatic heterocycles. The summed E-state index contributed by atoms with van der Waals surface area (Å²) in [7, 11) is 0. The number of aromatic nitrogens is 3. The third-order valence-electron chi connectivity index (χ3n) is 2.13. The zero-order chi connectivity index (χ0) is 10.5. The summed E-state index contributed by atoms with van der Waals surface area (Å²) in [6, 6.07) is 8.31. The van der Waals surface area contributed by atoms with Gasteiger partial charge in [0, 0.05) is 0 Å². The van der Waals surface area contributed by atoms with Crippen LogP contribution in [0, 0.1) is 0 Å². The molecule has 4 nitrogen and oxygen atoms in total. The Bertz CT molecular complexity index is 428. The molecule has 0 atom stereocenters. The Labute approximate surface area is 88.3 Å². The molecule has 15 heavy (non-hydrogen) atoms. The lowest BCUT2D eigenvalue weighted by atomic mass is 10.1. The molecule has 0 aliphatic heterocycles. The molecule has 0 saturated carbocycles. The van der Waals surface area contributed by atoms with Crippen molar-refractivity contribution in [2.75, 3.05) is 0 Å². The molecule has 0 aliphatic rings. The number of benzene rings is 1. The largest absolute Gasteiger partial charge is 0.208 e. The summed E-state index contributed by atoms with van der Waals surface area (Å²) >= 11 is 0. The quantitative estimate of drug-likeness (QED) is 0.708. The van der Waals surface area contributed by atoms with E-state index >= 15 is 0 Å². The van der Waals surface area contributed by atoms with Crippen LogP contribution in [0.3, 0.4) is 0 Å². The van der Waals surface area contributed by atoms with Gasteiger partial charge in [-0.05, 0) is 17.5 Å². The van der Waals surface area contributed by atoms with Crippen LogP contribution in [0.2, 0.25) is 0 Å². The van der Waals surface area contributed by atoms with E-state index in [2.05, 4.69) is 34.4 Å². The average molecular weight is 200 g/mol. The first-order valence-corrected chi connectivity index (χ1v) is 4.86. The van der Waals surface area contributed by atoms with Gasteiger partial charge in [-0.3, -0.25) is 0 Å². The van der Waals surface area contributed by atoms with E-state index in [1.807, 2.05) is 12.1 Å². The van der Waals surface area contributed by atoms with Gasteiger partial charge in [-0.1, -0.05) is 31.2 Å². The SMILES string of the molecule is CCc1ccc(/C=N/n2cnnc2)cc1. The minimum atomic E-state index is 1.06. The Hall–Kier alpha value is -1.97. The van der Waals surface area contributed by atoms with E-state index in [-0.39, 0.29) is 0 Å². The predicted octanol–water partition coefficient (Wildman–Crippen LogP) is 1.72. The summed E-state index contributed by atoms with van der Waals surface area (Å²) < 4.78 is 1.56. The summed E-state index contributed by atoms with van der Waals surface area (Å²) in [6.45, 7) is 2.14. The maximum Gasteiger partial charge on any atom is 0.141 e. The Morgan fingerprint density at radius 2 is 1.87 bits per heavy atom. The number of aryl methyl sites for hydroxylation is 1. The maximum absolute atomic E-state index is 4.16. The van der Waals surface area contributed by atoms with Crippen molar-refractivity contribution in [1.29, 1.82) is 0 Å². The first kappa shape index (κ1) is 9.58. The zero-order valence-corrected chi connectivity index (χ0v) is 8.54. The van der Waals surface area contributed by atoms with Gasteiger partial charge in [0.05, 0.1) is 6.21 Å². The molecule has 1 heterocycles. The number of hydrogen-bond acceptors (Lipinski definition) is 3. The lowest BCUT2D eigenvalue weighted by Gasteiger charge is -1.96. The highest BCUT2D eigenvalue weighted by Gasteiger charge is 1.90. The lowest BCUT2D eigenvalue weighted by Crippen LogP contribution is -1.88. The standard InChI is InChI=1S/C11H12N4/c1-2-10-3-5-11(6-4-10)7-14-15-8-12-13-9-15/h3-9H,2H2,1H3/b14-7+. The molecule has 2 rings (SSSR count). The van der Waals surface area contributed by atoms with Crippen molar-refractivity contribution in [1.82, 2.24) is 14.9 Å². The van der Waals surface area contributed by atoms with Crippen LogP contribution in [0.15, 0.2) is 42.0 Å². The Morgan fingerprint density at radius 1 is 1.20 bits per heavy atom. The fourth-order valence-electron chi connectivity index (χ4n) is 1.23. The summed E-state index contributed by atoms with van der Waals surface area (Å²) in [5.74, 6) is 0. The highest BCUT2D eigenvalue weighted by atomic mass is 15.4. The minimum Gasteiger partial charge on any atom is -0.208 e. The van der Waals surface area contributed by atoms with Gasteiger partial charge in [0.25, 0.3) is 0 Å². The summed E-state index contributed by atoms with van der Waals surface area (Å²) in [5, 5.41) is 11.5. The van der Waals surface area contributed by atoms with Crippen LogP contribution in [-0.4, -0.2) is 21.1 Å². The van der Waals surface area contributed by atoms with Crippen molar-refractivity contribution in [3.05, 3.63) is 48.0 Å². The Morgan fingerprint density at radius 3 is 2.47 bits per heavy atom. The highest BCUT2D eigenvalue weighted by molar-refractivity contribution is 5.79. The van der Waals surface area contributed by atoms with E-state index in [1.165, 1.54) is 5.56 Å². The van der Waals surface area contributed by atoms with Crippen molar-refractivity contribution >= 4 is 6.21 Å². The fourth-order valence-corrected chi connectivity index (χ4v) is 1.23. The van der Waals surface area contributed by atoms with Crippen LogP contribution in [-0.2, 0) is 6.42 Å². The number of nitrogens with zero attached hydrogens (tertiary/aromatic N) is 4. The predicted molar refractivity (Wildman–Crippen MR) is 58.8 cm³/mol. The minimum absolute atomic E-state index is 1.06. The molecule has 76 valence electrons. The molecular formula is C11H12N4. The van der Waals surface area contributed by atoms with Gasteiger partial charge in [-0.15, -0.1) is 10.2 Å². The third-order valence-corrected chi connectivity index (χ3v) is 2.13. The summed E-state index contributed by atoms with van der Waals surface area (Å²) in [4.78, 5) is 0. The molecule has 0 amide bonds. The van der Waals surface area contributed by atoms with Crippen LogP contribution in [0.4, 0.5) is 0 Å². The van der Waals surface area contributed by atoms with Crippen LogP contribution in [0.25, 0.3) is 0 Å².